The van der Waals surface area contributed by atoms with Crippen molar-refractivity contribution in [2.24, 2.45) is 0 Å². The van der Waals surface area contributed by atoms with E-state index in [1.165, 1.54) is 19.3 Å². The second-order valence-corrected chi connectivity index (χ2v) is 9.14. The molecule has 2 amide bonds. The number of nitrogens with zero attached hydrogens (tertiary/aromatic N) is 1. The van der Waals surface area contributed by atoms with Crippen molar-refractivity contribution in [1.29, 1.82) is 0 Å². The van der Waals surface area contributed by atoms with Gasteiger partial charge < -0.3 is 15.0 Å². The van der Waals surface area contributed by atoms with Crippen LogP contribution < -0.4 is 5.32 Å². The first kappa shape index (κ1) is 21.4. The van der Waals surface area contributed by atoms with Gasteiger partial charge in [0.2, 0.25) is 5.91 Å². The van der Waals surface area contributed by atoms with Crippen LogP contribution in [0.3, 0.4) is 0 Å². The maximum absolute atomic E-state index is 13.8. The molecule has 30 heavy (non-hydrogen) atoms. The van der Waals surface area contributed by atoms with Gasteiger partial charge in [0.05, 0.1) is 11.5 Å². The smallest absolute Gasteiger partial charge is 0.254 e. The van der Waals surface area contributed by atoms with Crippen molar-refractivity contribution in [3.8, 4) is 0 Å². The molecular formula is C25H36N2O3. The number of rotatable bonds is 7. The summed E-state index contributed by atoms with van der Waals surface area (Å²) < 4.78 is 5.42. The quantitative estimate of drug-likeness (QED) is 0.675. The molecule has 1 spiro atoms. The third-order valence-electron chi connectivity index (χ3n) is 7.38. The molecule has 0 unspecified atom stereocenters. The Morgan fingerprint density at radius 1 is 1.13 bits per heavy atom. The lowest BCUT2D eigenvalue weighted by molar-refractivity contribution is -0.127. The number of hydrogen-bond acceptors (Lipinski definition) is 3. The van der Waals surface area contributed by atoms with Gasteiger partial charge in [-0.2, -0.15) is 0 Å². The summed E-state index contributed by atoms with van der Waals surface area (Å²) in [6.07, 6.45) is 10.6. The Bertz CT molecular complexity index is 751. The van der Waals surface area contributed by atoms with Crippen LogP contribution in [-0.2, 0) is 9.53 Å². The molecule has 0 saturated heterocycles. The number of fused-ring (bicyclic) bond motifs is 1. The Morgan fingerprint density at radius 2 is 1.87 bits per heavy atom. The van der Waals surface area contributed by atoms with Crippen molar-refractivity contribution in [1.82, 2.24) is 10.2 Å². The topological polar surface area (TPSA) is 58.6 Å². The highest BCUT2D eigenvalue weighted by Crippen LogP contribution is 2.52. The van der Waals surface area contributed by atoms with E-state index in [9.17, 15) is 9.59 Å². The van der Waals surface area contributed by atoms with E-state index in [-0.39, 0.29) is 29.3 Å². The minimum atomic E-state index is -0.364. The van der Waals surface area contributed by atoms with Crippen molar-refractivity contribution in [3.05, 3.63) is 35.4 Å². The first-order valence-electron chi connectivity index (χ1n) is 12.0. The van der Waals surface area contributed by atoms with Gasteiger partial charge in [0, 0.05) is 31.4 Å². The molecule has 1 aromatic carbocycles. The molecule has 2 fully saturated rings. The predicted molar refractivity (Wildman–Crippen MR) is 118 cm³/mol. The third kappa shape index (κ3) is 3.89. The molecule has 2 saturated carbocycles. The molecular weight excluding hydrogens is 376 g/mol. The number of amides is 2. The summed E-state index contributed by atoms with van der Waals surface area (Å²) in [7, 11) is 0. The molecule has 1 N–H and O–H groups in total. The van der Waals surface area contributed by atoms with Crippen molar-refractivity contribution in [3.63, 3.8) is 0 Å². The standard InChI is InChI=1S/C25H36N2O3/c1-2-30-18-10-17-26-23(28)22-20-13-6-7-14-21(20)24(29)27(19-11-4-3-5-12-19)25(22)15-8-9-16-25/h6-7,13-14,19,22H,2-5,8-12,15-18H2,1H3,(H,26,28)/t22-/m1/s1. The van der Waals surface area contributed by atoms with Crippen molar-refractivity contribution in [2.75, 3.05) is 19.8 Å². The molecule has 1 aliphatic heterocycles. The van der Waals surface area contributed by atoms with Crippen molar-refractivity contribution in [2.45, 2.75) is 88.6 Å². The largest absolute Gasteiger partial charge is 0.382 e. The monoisotopic (exact) mass is 412 g/mol. The second kappa shape index (κ2) is 9.51. The maximum Gasteiger partial charge on any atom is 0.254 e. The van der Waals surface area contributed by atoms with Crippen LogP contribution in [-0.4, -0.2) is 48.1 Å². The van der Waals surface area contributed by atoms with Crippen LogP contribution in [0.1, 0.15) is 93.0 Å². The fourth-order valence-corrected chi connectivity index (χ4v) is 6.11. The van der Waals surface area contributed by atoms with Crippen molar-refractivity contribution < 1.29 is 14.3 Å². The Balaban J connectivity index is 1.67. The molecule has 0 radical (unpaired) electrons. The van der Waals surface area contributed by atoms with E-state index >= 15 is 0 Å². The van der Waals surface area contributed by atoms with E-state index in [2.05, 4.69) is 10.2 Å². The van der Waals surface area contributed by atoms with E-state index in [0.717, 1.165) is 56.1 Å². The van der Waals surface area contributed by atoms with Gasteiger partial charge in [-0.05, 0) is 50.7 Å². The molecule has 5 nitrogen and oxygen atoms in total. The van der Waals surface area contributed by atoms with Gasteiger partial charge in [0.15, 0.2) is 0 Å². The van der Waals surface area contributed by atoms with Crippen LogP contribution in [0.2, 0.25) is 0 Å². The zero-order valence-corrected chi connectivity index (χ0v) is 18.3. The second-order valence-electron chi connectivity index (χ2n) is 9.14. The molecule has 1 heterocycles. The van der Waals surface area contributed by atoms with E-state index < -0.39 is 0 Å². The zero-order valence-electron chi connectivity index (χ0n) is 18.3. The molecule has 3 aliphatic rings. The van der Waals surface area contributed by atoms with Gasteiger partial charge in [-0.1, -0.05) is 50.3 Å². The van der Waals surface area contributed by atoms with Crippen molar-refractivity contribution >= 4 is 11.8 Å². The SMILES string of the molecule is CCOCCCNC(=O)[C@H]1c2ccccc2C(=O)N(C2CCCCC2)C12CCCC2. The highest BCUT2D eigenvalue weighted by molar-refractivity contribution is 6.02. The van der Waals surface area contributed by atoms with Crippen LogP contribution in [0.5, 0.6) is 0 Å². The van der Waals surface area contributed by atoms with E-state index in [1.54, 1.807) is 0 Å². The van der Waals surface area contributed by atoms with Crippen LogP contribution in [0, 0.1) is 0 Å². The summed E-state index contributed by atoms with van der Waals surface area (Å²) >= 11 is 0. The van der Waals surface area contributed by atoms with Crippen LogP contribution >= 0.6 is 0 Å². The average molecular weight is 413 g/mol. The number of ether oxygens (including phenoxy) is 1. The normalized spacial score (nSPS) is 23.6. The molecule has 0 aromatic heterocycles. The first-order valence-corrected chi connectivity index (χ1v) is 12.0. The van der Waals surface area contributed by atoms with Crippen LogP contribution in [0.25, 0.3) is 0 Å². The summed E-state index contributed by atoms with van der Waals surface area (Å²) in [6.45, 7) is 3.96. The summed E-state index contributed by atoms with van der Waals surface area (Å²) in [6, 6.07) is 8.10. The van der Waals surface area contributed by atoms with Gasteiger partial charge in [0.1, 0.15) is 0 Å². The summed E-state index contributed by atoms with van der Waals surface area (Å²) in [5, 5.41) is 3.18. The number of carbonyl (C=O) groups excluding carboxylic acids is 2. The number of nitrogens with one attached hydrogen (secondary N) is 1. The Labute approximate surface area is 180 Å². The minimum absolute atomic E-state index is 0.0779. The molecule has 5 heteroatoms. The number of carbonyl (C=O) groups is 2. The zero-order chi connectivity index (χ0) is 21.0. The molecule has 1 atom stereocenters. The maximum atomic E-state index is 13.8. The number of hydrogen-bond donors (Lipinski definition) is 1. The van der Waals surface area contributed by atoms with E-state index in [4.69, 9.17) is 4.74 Å². The highest BCUT2D eigenvalue weighted by atomic mass is 16.5. The van der Waals surface area contributed by atoms with E-state index in [0.29, 0.717) is 19.8 Å². The molecule has 2 aliphatic carbocycles. The molecule has 0 bridgehead atoms. The van der Waals surface area contributed by atoms with E-state index in [1.807, 2.05) is 31.2 Å². The van der Waals surface area contributed by atoms with Gasteiger partial charge in [-0.15, -0.1) is 0 Å². The Kier molecular flexibility index (Phi) is 6.77. The summed E-state index contributed by atoms with van der Waals surface area (Å²) in [4.78, 5) is 29.6. The molecule has 1 aromatic rings. The average Bonchev–Trinajstić information content (AvgIpc) is 3.24. The Morgan fingerprint density at radius 3 is 2.60 bits per heavy atom. The lowest BCUT2D eigenvalue weighted by Gasteiger charge is -2.54. The summed E-state index contributed by atoms with van der Waals surface area (Å²) in [5.74, 6) is -0.0446. The van der Waals surface area contributed by atoms with Crippen LogP contribution in [0.15, 0.2) is 24.3 Å². The molecule has 164 valence electrons. The lowest BCUT2D eigenvalue weighted by Crippen LogP contribution is -2.63. The number of benzene rings is 1. The van der Waals surface area contributed by atoms with Gasteiger partial charge in [-0.3, -0.25) is 9.59 Å². The Hall–Kier alpha value is -1.88. The first-order chi connectivity index (χ1) is 14.7. The third-order valence-corrected chi connectivity index (χ3v) is 7.38. The predicted octanol–water partition coefficient (Wildman–Crippen LogP) is 4.41. The fraction of sp³-hybridized carbons (Fsp3) is 0.680. The van der Waals surface area contributed by atoms with Crippen LogP contribution in [0.4, 0.5) is 0 Å². The lowest BCUT2D eigenvalue weighted by atomic mass is 9.69. The van der Waals surface area contributed by atoms with Gasteiger partial charge >= 0.3 is 0 Å². The fourth-order valence-electron chi connectivity index (χ4n) is 6.11. The molecule has 4 rings (SSSR count). The summed E-state index contributed by atoms with van der Waals surface area (Å²) in [5.41, 5.74) is 1.30. The van der Waals surface area contributed by atoms with Gasteiger partial charge in [-0.25, -0.2) is 0 Å². The van der Waals surface area contributed by atoms with Gasteiger partial charge in [0.25, 0.3) is 5.91 Å². The highest BCUT2D eigenvalue weighted by Gasteiger charge is 2.57. The minimum Gasteiger partial charge on any atom is -0.382 e.